The van der Waals surface area contributed by atoms with Crippen molar-refractivity contribution in [3.05, 3.63) is 71.4 Å². The molecule has 3 heterocycles. The van der Waals surface area contributed by atoms with Crippen LogP contribution in [0.4, 0.5) is 0 Å². The SMILES string of the molecule is Cc1nc(OCCCS(C)(=O)=O)ccc1-c1cccc2c1OC[C@H]2Oc1ccc(C2CC(=O)NS2)cc1. The number of hydrogen-bond acceptors (Lipinski definition) is 8. The zero-order chi connectivity index (χ0) is 26.0. The Kier molecular flexibility index (Phi) is 7.30. The van der Waals surface area contributed by atoms with Crippen LogP contribution in [-0.4, -0.2) is 44.5 Å². The zero-order valence-corrected chi connectivity index (χ0v) is 22.2. The number of sulfone groups is 1. The summed E-state index contributed by atoms with van der Waals surface area (Å²) in [6.45, 7) is 2.60. The van der Waals surface area contributed by atoms with Crippen molar-refractivity contribution in [2.24, 2.45) is 0 Å². The minimum Gasteiger partial charge on any atom is -0.488 e. The van der Waals surface area contributed by atoms with E-state index in [-0.39, 0.29) is 29.6 Å². The Morgan fingerprint density at radius 3 is 2.62 bits per heavy atom. The smallest absolute Gasteiger partial charge is 0.231 e. The average molecular weight is 541 g/mol. The molecule has 1 N–H and O–H groups in total. The van der Waals surface area contributed by atoms with Gasteiger partial charge in [0.25, 0.3) is 0 Å². The first-order valence-corrected chi connectivity index (χ1v) is 15.0. The van der Waals surface area contributed by atoms with E-state index < -0.39 is 9.84 Å². The van der Waals surface area contributed by atoms with Gasteiger partial charge in [0, 0.05) is 41.1 Å². The molecule has 1 aromatic heterocycles. The van der Waals surface area contributed by atoms with Gasteiger partial charge in [0.15, 0.2) is 6.10 Å². The predicted octanol–water partition coefficient (Wildman–Crippen LogP) is 4.59. The van der Waals surface area contributed by atoms with Gasteiger partial charge < -0.3 is 14.2 Å². The fourth-order valence-electron chi connectivity index (χ4n) is 4.43. The molecule has 194 valence electrons. The number of fused-ring (bicyclic) bond motifs is 1. The average Bonchev–Trinajstić information content (AvgIpc) is 3.48. The van der Waals surface area contributed by atoms with Crippen LogP contribution in [0.1, 0.15) is 41.0 Å². The highest BCUT2D eigenvalue weighted by Gasteiger charge is 2.29. The van der Waals surface area contributed by atoms with Gasteiger partial charge in [-0.1, -0.05) is 30.3 Å². The Morgan fingerprint density at radius 1 is 1.11 bits per heavy atom. The highest BCUT2D eigenvalue weighted by molar-refractivity contribution is 7.98. The third kappa shape index (κ3) is 6.02. The van der Waals surface area contributed by atoms with Gasteiger partial charge in [-0.2, -0.15) is 0 Å². The summed E-state index contributed by atoms with van der Waals surface area (Å²) in [7, 11) is -3.01. The fourth-order valence-corrected chi connectivity index (χ4v) is 5.96. The number of ether oxygens (including phenoxy) is 3. The van der Waals surface area contributed by atoms with Crippen molar-refractivity contribution in [1.29, 1.82) is 0 Å². The number of nitrogens with one attached hydrogen (secondary N) is 1. The Labute approximate surface area is 220 Å². The van der Waals surface area contributed by atoms with Crippen LogP contribution in [0.3, 0.4) is 0 Å². The van der Waals surface area contributed by atoms with Crippen molar-refractivity contribution in [1.82, 2.24) is 9.71 Å². The van der Waals surface area contributed by atoms with Crippen molar-refractivity contribution in [2.75, 3.05) is 25.2 Å². The van der Waals surface area contributed by atoms with E-state index in [1.54, 1.807) is 6.07 Å². The maximum atomic E-state index is 11.5. The van der Waals surface area contributed by atoms with E-state index in [0.29, 0.717) is 25.3 Å². The van der Waals surface area contributed by atoms with Crippen molar-refractivity contribution >= 4 is 27.7 Å². The molecular weight excluding hydrogens is 512 g/mol. The van der Waals surface area contributed by atoms with Gasteiger partial charge in [-0.25, -0.2) is 13.4 Å². The number of benzene rings is 2. The summed E-state index contributed by atoms with van der Waals surface area (Å²) in [4.78, 5) is 16.0. The molecule has 10 heteroatoms. The van der Waals surface area contributed by atoms with E-state index >= 15 is 0 Å². The summed E-state index contributed by atoms with van der Waals surface area (Å²) in [6, 6.07) is 17.6. The maximum absolute atomic E-state index is 11.5. The first-order chi connectivity index (χ1) is 17.8. The molecule has 1 saturated heterocycles. The van der Waals surface area contributed by atoms with Crippen LogP contribution in [0, 0.1) is 6.92 Å². The summed E-state index contributed by atoms with van der Waals surface area (Å²) >= 11 is 1.44. The topological polar surface area (TPSA) is 104 Å². The monoisotopic (exact) mass is 540 g/mol. The van der Waals surface area contributed by atoms with Crippen molar-refractivity contribution < 1.29 is 27.4 Å². The number of carbonyl (C=O) groups is 1. The number of hydrogen-bond donors (Lipinski definition) is 1. The molecule has 2 atom stereocenters. The van der Waals surface area contributed by atoms with Gasteiger partial charge in [-0.05, 0) is 49.1 Å². The number of carbonyl (C=O) groups excluding carboxylic acids is 1. The molecule has 1 fully saturated rings. The first-order valence-electron chi connectivity index (χ1n) is 12.0. The molecule has 1 unspecified atom stereocenters. The number of para-hydroxylation sites is 1. The molecule has 0 spiro atoms. The number of nitrogens with zero attached hydrogens (tertiary/aromatic N) is 1. The van der Waals surface area contributed by atoms with E-state index in [1.165, 1.54) is 18.2 Å². The normalized spacial score (nSPS) is 18.7. The minimum atomic E-state index is -3.01. The van der Waals surface area contributed by atoms with Crippen LogP contribution in [0.15, 0.2) is 54.6 Å². The number of amides is 1. The van der Waals surface area contributed by atoms with Crippen LogP contribution in [0.2, 0.25) is 0 Å². The number of aryl methyl sites for hydroxylation is 1. The van der Waals surface area contributed by atoms with E-state index in [4.69, 9.17) is 14.2 Å². The van der Waals surface area contributed by atoms with E-state index in [0.717, 1.165) is 39.4 Å². The van der Waals surface area contributed by atoms with Crippen LogP contribution < -0.4 is 18.9 Å². The molecule has 37 heavy (non-hydrogen) atoms. The number of rotatable bonds is 9. The molecule has 8 nitrogen and oxygen atoms in total. The highest BCUT2D eigenvalue weighted by Crippen LogP contribution is 2.43. The van der Waals surface area contributed by atoms with Crippen LogP contribution in [-0.2, 0) is 14.6 Å². The molecule has 0 saturated carbocycles. The summed E-state index contributed by atoms with van der Waals surface area (Å²) in [5.41, 5.74) is 4.72. The minimum absolute atomic E-state index is 0.0584. The predicted molar refractivity (Wildman–Crippen MR) is 143 cm³/mol. The molecule has 0 aliphatic carbocycles. The summed E-state index contributed by atoms with van der Waals surface area (Å²) in [5, 5.41) is 0.126. The molecular formula is C27H28N2O6S2. The lowest BCUT2D eigenvalue weighted by Crippen LogP contribution is -2.08. The number of aromatic nitrogens is 1. The Hall–Kier alpha value is -3.24. The highest BCUT2D eigenvalue weighted by atomic mass is 32.2. The molecule has 2 aromatic carbocycles. The third-order valence-electron chi connectivity index (χ3n) is 6.25. The van der Waals surface area contributed by atoms with Crippen LogP contribution in [0.25, 0.3) is 11.1 Å². The molecule has 3 aromatic rings. The van der Waals surface area contributed by atoms with E-state index in [1.807, 2.05) is 55.5 Å². The van der Waals surface area contributed by atoms with Gasteiger partial charge in [0.1, 0.15) is 27.9 Å². The maximum Gasteiger partial charge on any atom is 0.231 e. The van der Waals surface area contributed by atoms with Gasteiger partial charge in [0.2, 0.25) is 11.8 Å². The lowest BCUT2D eigenvalue weighted by atomic mass is 9.99. The zero-order valence-electron chi connectivity index (χ0n) is 20.6. The molecule has 0 bridgehead atoms. The molecule has 2 aliphatic rings. The van der Waals surface area contributed by atoms with Crippen molar-refractivity contribution in [2.45, 2.75) is 31.1 Å². The molecule has 2 aliphatic heterocycles. The van der Waals surface area contributed by atoms with Gasteiger partial charge in [0.05, 0.1) is 17.6 Å². The van der Waals surface area contributed by atoms with Gasteiger partial charge in [-0.3, -0.25) is 9.52 Å². The lowest BCUT2D eigenvalue weighted by Gasteiger charge is -2.15. The Balaban J connectivity index is 1.27. The fraction of sp³-hybridized carbons (Fsp3) is 0.333. The Morgan fingerprint density at radius 2 is 1.92 bits per heavy atom. The second-order valence-corrected chi connectivity index (χ2v) is 12.4. The summed E-state index contributed by atoms with van der Waals surface area (Å²) in [6.07, 6.45) is 1.88. The van der Waals surface area contributed by atoms with E-state index in [2.05, 4.69) is 9.71 Å². The molecule has 1 amide bonds. The Bertz CT molecular complexity index is 1410. The third-order valence-corrected chi connectivity index (χ3v) is 8.35. The van der Waals surface area contributed by atoms with Crippen molar-refractivity contribution in [3.63, 3.8) is 0 Å². The van der Waals surface area contributed by atoms with Crippen molar-refractivity contribution in [3.8, 4) is 28.5 Å². The quantitative estimate of drug-likeness (QED) is 0.310. The molecule has 5 rings (SSSR count). The summed E-state index contributed by atoms with van der Waals surface area (Å²) in [5.74, 6) is 2.13. The van der Waals surface area contributed by atoms with E-state index in [9.17, 15) is 13.2 Å². The lowest BCUT2D eigenvalue weighted by molar-refractivity contribution is -0.118. The van der Waals surface area contributed by atoms with Gasteiger partial charge in [-0.15, -0.1) is 0 Å². The second-order valence-electron chi connectivity index (χ2n) is 9.16. The van der Waals surface area contributed by atoms with Crippen LogP contribution in [0.5, 0.6) is 17.4 Å². The first kappa shape index (κ1) is 25.4. The van der Waals surface area contributed by atoms with Gasteiger partial charge >= 0.3 is 0 Å². The standard InChI is InChI=1S/C27H28N2O6S2/c1-17-20(11-12-26(28-17)33-13-4-14-37(2,31)32)21-5-3-6-22-23(16-34-27(21)22)35-19-9-7-18(8-10-19)24-15-25(30)29-36-24/h3,5-12,23-24H,4,13-16H2,1-2H3,(H,29,30)/t23-,24?/m1/s1. The molecule has 0 radical (unpaired) electrons. The second kappa shape index (κ2) is 10.6. The number of pyridine rings is 1. The van der Waals surface area contributed by atoms with Crippen LogP contribution >= 0.6 is 11.9 Å². The summed E-state index contributed by atoms with van der Waals surface area (Å²) < 4.78 is 43.4. The largest absolute Gasteiger partial charge is 0.488 e.